The molecule has 1 amide bonds. The van der Waals surface area contributed by atoms with Crippen molar-refractivity contribution in [2.24, 2.45) is 0 Å². The monoisotopic (exact) mass is 366 g/mol. The Kier molecular flexibility index (Phi) is 5.49. The lowest BCUT2D eigenvalue weighted by molar-refractivity contribution is 0.0946. The van der Waals surface area contributed by atoms with Gasteiger partial charge in [0.2, 0.25) is 5.95 Å². The molecular weight excluding hydrogens is 348 g/mol. The molecular formula is C20H19ClN4O. The number of nitrogens with zero attached hydrogens (tertiary/aromatic N) is 2. The number of carbonyl (C=O) groups is 1. The Morgan fingerprint density at radius 3 is 2.42 bits per heavy atom. The lowest BCUT2D eigenvalue weighted by Gasteiger charge is -2.12. The third-order valence-electron chi connectivity index (χ3n) is 3.97. The second-order valence-electron chi connectivity index (χ2n) is 5.97. The number of aryl methyl sites for hydroxylation is 2. The van der Waals surface area contributed by atoms with Crippen LogP contribution in [0.15, 0.2) is 54.7 Å². The molecule has 0 fully saturated rings. The van der Waals surface area contributed by atoms with Crippen LogP contribution in [0.1, 0.15) is 27.2 Å². The maximum absolute atomic E-state index is 12.4. The predicted octanol–water partition coefficient (Wildman–Crippen LogP) is 4.42. The Balaban J connectivity index is 1.70. The maximum atomic E-state index is 12.4. The van der Waals surface area contributed by atoms with Crippen LogP contribution in [-0.2, 0) is 6.54 Å². The molecule has 1 aromatic heterocycles. The summed E-state index contributed by atoms with van der Waals surface area (Å²) in [7, 11) is 0. The van der Waals surface area contributed by atoms with Crippen molar-refractivity contribution in [3.05, 3.63) is 82.1 Å². The van der Waals surface area contributed by atoms with E-state index in [4.69, 9.17) is 11.6 Å². The van der Waals surface area contributed by atoms with Gasteiger partial charge in [0, 0.05) is 23.5 Å². The van der Waals surface area contributed by atoms with Gasteiger partial charge in [-0.25, -0.2) is 9.97 Å². The van der Waals surface area contributed by atoms with E-state index in [1.807, 2.05) is 44.2 Å². The van der Waals surface area contributed by atoms with E-state index in [0.29, 0.717) is 23.2 Å². The van der Waals surface area contributed by atoms with Crippen LogP contribution in [0, 0.1) is 13.8 Å². The van der Waals surface area contributed by atoms with Gasteiger partial charge in [-0.2, -0.15) is 0 Å². The molecule has 0 aliphatic heterocycles. The lowest BCUT2D eigenvalue weighted by atomic mass is 10.1. The van der Waals surface area contributed by atoms with Gasteiger partial charge >= 0.3 is 0 Å². The van der Waals surface area contributed by atoms with Crippen molar-refractivity contribution in [2.45, 2.75) is 20.4 Å². The second kappa shape index (κ2) is 7.97. The summed E-state index contributed by atoms with van der Waals surface area (Å²) in [6.45, 7) is 4.43. The largest absolute Gasteiger partial charge is 0.347 e. The van der Waals surface area contributed by atoms with Crippen LogP contribution in [0.3, 0.4) is 0 Å². The maximum Gasteiger partial charge on any atom is 0.270 e. The number of para-hydroxylation sites is 1. The van der Waals surface area contributed by atoms with Crippen LogP contribution in [0.4, 0.5) is 11.6 Å². The fourth-order valence-corrected chi connectivity index (χ4v) is 2.67. The summed E-state index contributed by atoms with van der Waals surface area (Å²) >= 11 is 5.87. The quantitative estimate of drug-likeness (QED) is 0.701. The summed E-state index contributed by atoms with van der Waals surface area (Å²) in [5.41, 5.74) is 4.40. The average Bonchev–Trinajstić information content (AvgIpc) is 2.64. The molecule has 0 radical (unpaired) electrons. The van der Waals surface area contributed by atoms with E-state index < -0.39 is 0 Å². The van der Waals surface area contributed by atoms with E-state index in [-0.39, 0.29) is 5.91 Å². The smallest absolute Gasteiger partial charge is 0.270 e. The molecule has 2 N–H and O–H groups in total. The first-order valence-corrected chi connectivity index (χ1v) is 8.59. The summed E-state index contributed by atoms with van der Waals surface area (Å²) in [6, 6.07) is 14.9. The molecule has 5 nitrogen and oxygen atoms in total. The highest BCUT2D eigenvalue weighted by Gasteiger charge is 2.10. The SMILES string of the molecule is Cc1cccc(C)c1Nc1nccc(C(=O)NCc2ccc(Cl)cc2)n1. The zero-order chi connectivity index (χ0) is 18.5. The number of carbonyl (C=O) groups excluding carboxylic acids is 1. The molecule has 132 valence electrons. The second-order valence-corrected chi connectivity index (χ2v) is 6.40. The number of benzene rings is 2. The molecule has 6 heteroatoms. The van der Waals surface area contributed by atoms with Gasteiger partial charge in [-0.15, -0.1) is 0 Å². The first-order chi connectivity index (χ1) is 12.5. The van der Waals surface area contributed by atoms with Crippen molar-refractivity contribution in [2.75, 3.05) is 5.32 Å². The van der Waals surface area contributed by atoms with Crippen molar-refractivity contribution in [1.82, 2.24) is 15.3 Å². The number of nitrogens with one attached hydrogen (secondary N) is 2. The van der Waals surface area contributed by atoms with E-state index >= 15 is 0 Å². The van der Waals surface area contributed by atoms with Crippen molar-refractivity contribution in [1.29, 1.82) is 0 Å². The van der Waals surface area contributed by atoms with Crippen LogP contribution >= 0.6 is 11.6 Å². The molecule has 0 saturated carbocycles. The molecule has 0 saturated heterocycles. The molecule has 3 aromatic rings. The minimum Gasteiger partial charge on any atom is -0.347 e. The highest BCUT2D eigenvalue weighted by molar-refractivity contribution is 6.30. The summed E-state index contributed by atoms with van der Waals surface area (Å²) in [5.74, 6) is 0.133. The highest BCUT2D eigenvalue weighted by Crippen LogP contribution is 2.22. The summed E-state index contributed by atoms with van der Waals surface area (Å²) in [5, 5.41) is 6.71. The van der Waals surface area contributed by atoms with E-state index in [0.717, 1.165) is 22.4 Å². The summed E-state index contributed by atoms with van der Waals surface area (Å²) < 4.78 is 0. The minimum atomic E-state index is -0.257. The number of hydrogen-bond acceptors (Lipinski definition) is 4. The van der Waals surface area contributed by atoms with Gasteiger partial charge < -0.3 is 10.6 Å². The Labute approximate surface area is 157 Å². The fraction of sp³-hybridized carbons (Fsp3) is 0.150. The Hall–Kier alpha value is -2.92. The zero-order valence-corrected chi connectivity index (χ0v) is 15.3. The first-order valence-electron chi connectivity index (χ1n) is 8.22. The van der Waals surface area contributed by atoms with Crippen molar-refractivity contribution in [3.8, 4) is 0 Å². The van der Waals surface area contributed by atoms with Crippen LogP contribution < -0.4 is 10.6 Å². The van der Waals surface area contributed by atoms with Crippen molar-refractivity contribution < 1.29 is 4.79 Å². The Morgan fingerprint density at radius 1 is 1.04 bits per heavy atom. The number of anilines is 2. The van der Waals surface area contributed by atoms with Gasteiger partial charge in [-0.05, 0) is 48.7 Å². The van der Waals surface area contributed by atoms with Gasteiger partial charge in [0.05, 0.1) is 0 Å². The summed E-state index contributed by atoms with van der Waals surface area (Å²) in [4.78, 5) is 20.9. The van der Waals surface area contributed by atoms with Gasteiger partial charge in [-0.3, -0.25) is 4.79 Å². The lowest BCUT2D eigenvalue weighted by Crippen LogP contribution is -2.24. The molecule has 2 aromatic carbocycles. The molecule has 26 heavy (non-hydrogen) atoms. The van der Waals surface area contributed by atoms with Crippen molar-refractivity contribution in [3.63, 3.8) is 0 Å². The number of aromatic nitrogens is 2. The van der Waals surface area contributed by atoms with E-state index in [1.165, 1.54) is 0 Å². The number of amides is 1. The molecule has 0 aliphatic carbocycles. The standard InChI is InChI=1S/C20H19ClN4O/c1-13-4-3-5-14(2)18(13)25-20-22-11-10-17(24-20)19(26)23-12-15-6-8-16(21)9-7-15/h3-11H,12H2,1-2H3,(H,23,26)(H,22,24,25). The number of hydrogen-bond donors (Lipinski definition) is 2. The molecule has 0 unspecified atom stereocenters. The normalized spacial score (nSPS) is 10.4. The third kappa shape index (κ3) is 4.37. The predicted molar refractivity (Wildman–Crippen MR) is 104 cm³/mol. The van der Waals surface area contributed by atoms with Gasteiger partial charge in [0.1, 0.15) is 5.69 Å². The molecule has 0 spiro atoms. The third-order valence-corrected chi connectivity index (χ3v) is 4.22. The molecule has 3 rings (SSSR count). The highest BCUT2D eigenvalue weighted by atomic mass is 35.5. The van der Waals surface area contributed by atoms with Crippen LogP contribution in [0.2, 0.25) is 5.02 Å². The Bertz CT molecular complexity index is 905. The van der Waals surface area contributed by atoms with Gasteiger partial charge in [0.15, 0.2) is 0 Å². The van der Waals surface area contributed by atoms with Gasteiger partial charge in [-0.1, -0.05) is 41.9 Å². The van der Waals surface area contributed by atoms with Crippen LogP contribution in [0.5, 0.6) is 0 Å². The van der Waals surface area contributed by atoms with E-state index in [2.05, 4.69) is 20.6 Å². The minimum absolute atomic E-state index is 0.257. The van der Waals surface area contributed by atoms with Crippen molar-refractivity contribution >= 4 is 29.1 Å². The molecule has 0 bridgehead atoms. The van der Waals surface area contributed by atoms with Gasteiger partial charge in [0.25, 0.3) is 5.91 Å². The zero-order valence-electron chi connectivity index (χ0n) is 14.6. The average molecular weight is 367 g/mol. The first kappa shape index (κ1) is 17.9. The summed E-state index contributed by atoms with van der Waals surface area (Å²) in [6.07, 6.45) is 1.57. The number of rotatable bonds is 5. The van der Waals surface area contributed by atoms with Crippen LogP contribution in [0.25, 0.3) is 0 Å². The Morgan fingerprint density at radius 2 is 1.73 bits per heavy atom. The van der Waals surface area contributed by atoms with Crippen LogP contribution in [-0.4, -0.2) is 15.9 Å². The molecule has 0 atom stereocenters. The van der Waals surface area contributed by atoms with E-state index in [9.17, 15) is 4.79 Å². The molecule has 0 aliphatic rings. The fourth-order valence-electron chi connectivity index (χ4n) is 2.54. The van der Waals surface area contributed by atoms with E-state index in [1.54, 1.807) is 24.4 Å². The topological polar surface area (TPSA) is 66.9 Å². The number of halogens is 1. The molecule has 1 heterocycles.